The van der Waals surface area contributed by atoms with Crippen LogP contribution in [0.1, 0.15) is 47.8 Å². The SMILES string of the molecule is COC(=O)c1ccc(CN(CCC(c2ccccc2)N2C[C@@H](C)N(C)[C@@H](C)C2)S(=O)[O-])cc1. The molecule has 0 radical (unpaired) electrons. The Bertz CT molecular complexity index is 913. The molecule has 2 aromatic rings. The average molecular weight is 473 g/mol. The molecular weight excluding hydrogens is 438 g/mol. The van der Waals surface area contributed by atoms with Crippen LogP contribution in [0.2, 0.25) is 0 Å². The quantitative estimate of drug-likeness (QED) is 0.412. The average Bonchev–Trinajstić information content (AvgIpc) is 2.82. The molecule has 2 aromatic carbocycles. The summed E-state index contributed by atoms with van der Waals surface area (Å²) < 4.78 is 30.2. The molecule has 0 aromatic heterocycles. The normalized spacial score (nSPS) is 21.6. The van der Waals surface area contributed by atoms with Crippen LogP contribution in [0, 0.1) is 0 Å². The summed E-state index contributed by atoms with van der Waals surface area (Å²) in [5.74, 6) is -0.410. The second kappa shape index (κ2) is 11.9. The van der Waals surface area contributed by atoms with Crippen molar-refractivity contribution in [3.8, 4) is 0 Å². The van der Waals surface area contributed by atoms with E-state index < -0.39 is 17.2 Å². The zero-order valence-electron chi connectivity index (χ0n) is 19.8. The maximum absolute atomic E-state index is 12.0. The van der Waals surface area contributed by atoms with Crippen LogP contribution in [0.25, 0.3) is 0 Å². The Morgan fingerprint density at radius 2 is 1.73 bits per heavy atom. The second-order valence-electron chi connectivity index (χ2n) is 8.80. The van der Waals surface area contributed by atoms with E-state index in [1.54, 1.807) is 24.3 Å². The van der Waals surface area contributed by atoms with Crippen LogP contribution in [0.3, 0.4) is 0 Å². The fraction of sp³-hybridized carbons (Fsp3) is 0.480. The molecule has 8 heteroatoms. The Kier molecular flexibility index (Phi) is 9.17. The molecule has 3 rings (SSSR count). The summed E-state index contributed by atoms with van der Waals surface area (Å²) >= 11 is -2.35. The van der Waals surface area contributed by atoms with Gasteiger partial charge in [0.25, 0.3) is 0 Å². The molecule has 7 nitrogen and oxygen atoms in total. The zero-order valence-corrected chi connectivity index (χ0v) is 20.7. The lowest BCUT2D eigenvalue weighted by atomic mass is 9.98. The van der Waals surface area contributed by atoms with Crippen molar-refractivity contribution < 1.29 is 18.3 Å². The fourth-order valence-electron chi connectivity index (χ4n) is 4.48. The Morgan fingerprint density at radius 1 is 1.12 bits per heavy atom. The van der Waals surface area contributed by atoms with Crippen LogP contribution in [-0.2, 0) is 22.5 Å². The van der Waals surface area contributed by atoms with Crippen LogP contribution in [-0.4, -0.2) is 74.7 Å². The van der Waals surface area contributed by atoms with Crippen LogP contribution < -0.4 is 0 Å². The predicted molar refractivity (Wildman–Crippen MR) is 129 cm³/mol. The van der Waals surface area contributed by atoms with Crippen molar-refractivity contribution in [1.82, 2.24) is 14.1 Å². The molecule has 1 aliphatic heterocycles. The maximum atomic E-state index is 12.0. The number of likely N-dealkylation sites (N-methyl/N-ethyl adjacent to an activating group) is 1. The van der Waals surface area contributed by atoms with E-state index in [1.807, 2.05) is 18.2 Å². The first-order valence-electron chi connectivity index (χ1n) is 11.3. The first-order chi connectivity index (χ1) is 15.8. The topological polar surface area (TPSA) is 76.2 Å². The highest BCUT2D eigenvalue weighted by Crippen LogP contribution is 2.29. The van der Waals surface area contributed by atoms with Gasteiger partial charge in [0.2, 0.25) is 0 Å². The molecule has 1 aliphatic rings. The lowest BCUT2D eigenvalue weighted by Gasteiger charge is -2.46. The number of ether oxygens (including phenoxy) is 1. The molecule has 33 heavy (non-hydrogen) atoms. The van der Waals surface area contributed by atoms with Gasteiger partial charge in [-0.25, -0.2) is 9.10 Å². The van der Waals surface area contributed by atoms with Crippen molar-refractivity contribution in [1.29, 1.82) is 0 Å². The number of piperazine rings is 1. The summed E-state index contributed by atoms with van der Waals surface area (Å²) in [7, 11) is 3.50. The number of esters is 1. The van der Waals surface area contributed by atoms with Crippen LogP contribution >= 0.6 is 0 Å². The van der Waals surface area contributed by atoms with Gasteiger partial charge in [-0.1, -0.05) is 42.5 Å². The van der Waals surface area contributed by atoms with Crippen molar-refractivity contribution >= 4 is 17.2 Å². The van der Waals surface area contributed by atoms with Crippen LogP contribution in [0.5, 0.6) is 0 Å². The molecule has 0 spiro atoms. The minimum atomic E-state index is -2.35. The van der Waals surface area contributed by atoms with Crippen molar-refractivity contribution in [2.75, 3.05) is 33.8 Å². The minimum Gasteiger partial charge on any atom is -0.760 e. The molecule has 4 atom stereocenters. The molecule has 1 fully saturated rings. The molecule has 0 amide bonds. The van der Waals surface area contributed by atoms with E-state index in [4.69, 9.17) is 4.74 Å². The monoisotopic (exact) mass is 472 g/mol. The van der Waals surface area contributed by atoms with Gasteiger partial charge >= 0.3 is 5.97 Å². The molecular formula is C25H34N3O4S-. The van der Waals surface area contributed by atoms with Crippen molar-refractivity contribution in [3.05, 3.63) is 71.3 Å². The van der Waals surface area contributed by atoms with E-state index in [-0.39, 0.29) is 12.6 Å². The van der Waals surface area contributed by atoms with Crippen LogP contribution in [0.15, 0.2) is 54.6 Å². The van der Waals surface area contributed by atoms with Gasteiger partial charge < -0.3 is 9.29 Å². The highest BCUT2D eigenvalue weighted by molar-refractivity contribution is 7.76. The van der Waals surface area contributed by atoms with Gasteiger partial charge in [0, 0.05) is 55.6 Å². The van der Waals surface area contributed by atoms with Gasteiger partial charge in [0.05, 0.1) is 12.7 Å². The van der Waals surface area contributed by atoms with Crippen molar-refractivity contribution in [3.63, 3.8) is 0 Å². The molecule has 1 heterocycles. The number of rotatable bonds is 9. The number of nitrogens with zero attached hydrogens (tertiary/aromatic N) is 3. The lowest BCUT2D eigenvalue weighted by Crippen LogP contribution is -2.55. The summed E-state index contributed by atoms with van der Waals surface area (Å²) in [6, 6.07) is 18.2. The number of benzene rings is 2. The number of hydrogen-bond donors (Lipinski definition) is 0. The number of methoxy groups -OCH3 is 1. The summed E-state index contributed by atoms with van der Waals surface area (Å²) in [5.41, 5.74) is 2.48. The van der Waals surface area contributed by atoms with Crippen molar-refractivity contribution in [2.45, 2.75) is 44.9 Å². The summed E-state index contributed by atoms with van der Waals surface area (Å²) in [6.45, 7) is 7.02. The first-order valence-corrected chi connectivity index (χ1v) is 12.4. The minimum absolute atomic E-state index is 0.137. The standard InChI is InChI=1S/C25H35N3O4S/c1-19-16-27(17-20(2)26(19)3)24(22-8-6-5-7-9-22)14-15-28(33(30)31)18-21-10-12-23(13-11-21)25(29)32-4/h5-13,19-20,24H,14-18H2,1-4H3,(H,30,31)/p-1/t19-,20+,24?. The highest BCUT2D eigenvalue weighted by atomic mass is 32.2. The second-order valence-corrected chi connectivity index (χ2v) is 9.75. The predicted octanol–water partition coefficient (Wildman–Crippen LogP) is 3.23. The maximum Gasteiger partial charge on any atom is 0.337 e. The summed E-state index contributed by atoms with van der Waals surface area (Å²) in [4.78, 5) is 16.5. The van der Waals surface area contributed by atoms with Gasteiger partial charge in [-0.15, -0.1) is 0 Å². The molecule has 180 valence electrons. The smallest absolute Gasteiger partial charge is 0.337 e. The van der Waals surface area contributed by atoms with Gasteiger partial charge in [0.1, 0.15) is 0 Å². The van der Waals surface area contributed by atoms with E-state index in [2.05, 4.69) is 42.8 Å². The van der Waals surface area contributed by atoms with E-state index >= 15 is 0 Å². The third-order valence-corrected chi connectivity index (χ3v) is 7.34. The Labute approximate surface area is 199 Å². The third-order valence-electron chi connectivity index (χ3n) is 6.61. The lowest BCUT2D eigenvalue weighted by molar-refractivity contribution is 0.0293. The largest absolute Gasteiger partial charge is 0.760 e. The summed E-state index contributed by atoms with van der Waals surface area (Å²) in [5, 5.41) is 0. The molecule has 2 unspecified atom stereocenters. The van der Waals surface area contributed by atoms with Crippen molar-refractivity contribution in [2.24, 2.45) is 0 Å². The Balaban J connectivity index is 1.73. The molecule has 1 saturated heterocycles. The molecule has 0 aliphatic carbocycles. The Morgan fingerprint density at radius 3 is 2.27 bits per heavy atom. The van der Waals surface area contributed by atoms with E-state index in [1.165, 1.54) is 17.0 Å². The first kappa shape index (κ1) is 25.5. The third kappa shape index (κ3) is 6.71. The molecule has 0 N–H and O–H groups in total. The Hall–Kier alpha value is -2.10. The van der Waals surface area contributed by atoms with E-state index in [0.29, 0.717) is 30.6 Å². The number of carbonyl (C=O) groups excluding carboxylic acids is 1. The fourth-order valence-corrected chi connectivity index (χ4v) is 4.98. The summed E-state index contributed by atoms with van der Waals surface area (Å²) in [6.07, 6.45) is 0.696. The van der Waals surface area contributed by atoms with E-state index in [9.17, 15) is 13.6 Å². The molecule has 0 bridgehead atoms. The van der Waals surface area contributed by atoms with Gasteiger partial charge in [-0.3, -0.25) is 14.0 Å². The van der Waals surface area contributed by atoms with E-state index in [0.717, 1.165) is 18.7 Å². The van der Waals surface area contributed by atoms with Crippen LogP contribution in [0.4, 0.5) is 0 Å². The number of hydrogen-bond acceptors (Lipinski definition) is 6. The van der Waals surface area contributed by atoms with Gasteiger partial charge in [-0.05, 0) is 50.6 Å². The van der Waals surface area contributed by atoms with Gasteiger partial charge in [0.15, 0.2) is 0 Å². The van der Waals surface area contributed by atoms with Gasteiger partial charge in [-0.2, -0.15) is 0 Å². The number of carbonyl (C=O) groups is 1. The molecule has 0 saturated carbocycles. The zero-order chi connectivity index (χ0) is 24.0. The highest BCUT2D eigenvalue weighted by Gasteiger charge is 2.31.